The van der Waals surface area contributed by atoms with Crippen LogP contribution in [0.3, 0.4) is 0 Å². The number of fused-ring (bicyclic) bond motifs is 3. The van der Waals surface area contributed by atoms with Crippen LogP contribution in [0, 0.1) is 0 Å². The van der Waals surface area contributed by atoms with Gasteiger partial charge in [-0.1, -0.05) is 0 Å². The molecule has 3 saturated heterocycles. The number of nitrogens with zero attached hydrogens (tertiary/aromatic N) is 18. The van der Waals surface area contributed by atoms with E-state index in [-0.39, 0.29) is 91.4 Å². The third kappa shape index (κ3) is 16.6. The molecule has 0 atom stereocenters. The van der Waals surface area contributed by atoms with E-state index in [1.54, 1.807) is 127 Å². The minimum Gasteiger partial charge on any atom is -0.493 e. The summed E-state index contributed by atoms with van der Waals surface area (Å²) in [5, 5.41) is 21.6. The molecule has 3 aliphatic heterocycles. The summed E-state index contributed by atoms with van der Waals surface area (Å²) in [6, 6.07) is 17.4. The number of nitrogens with two attached hydrogens (primary N) is 3. The molecule has 0 unspecified atom stereocenters. The molecule has 12 heterocycles. The topological polar surface area (TPSA) is 460 Å². The molecule has 110 heavy (non-hydrogen) atoms. The highest BCUT2D eigenvalue weighted by molar-refractivity contribution is 7.55. The monoisotopic (exact) mass is 1520 g/mol. The van der Waals surface area contributed by atoms with Crippen LogP contribution in [0.1, 0.15) is 127 Å². The van der Waals surface area contributed by atoms with Crippen LogP contribution in [0.4, 0.5) is 52.6 Å². The molecule has 38 heteroatoms. The summed E-state index contributed by atoms with van der Waals surface area (Å²) in [7, 11) is 1.07. The zero-order chi connectivity index (χ0) is 77.0. The van der Waals surface area contributed by atoms with Crippen LogP contribution in [0.2, 0.25) is 0 Å². The van der Waals surface area contributed by atoms with Gasteiger partial charge in [-0.05, 0) is 77.9 Å². The van der Waals surface area contributed by atoms with Crippen LogP contribution in [0.25, 0.3) is 33.3 Å². The summed E-state index contributed by atoms with van der Waals surface area (Å²) in [5.41, 5.74) is 21.1. The van der Waals surface area contributed by atoms with Gasteiger partial charge < -0.3 is 75.3 Å². The van der Waals surface area contributed by atoms with E-state index in [1.807, 2.05) is 74.4 Å². The maximum absolute atomic E-state index is 12.8. The molecule has 3 amide bonds. The van der Waals surface area contributed by atoms with Crippen molar-refractivity contribution in [3.8, 4) is 17.2 Å². The molecule has 572 valence electrons. The Morgan fingerprint density at radius 2 is 0.736 bits per heavy atom. The molecule has 3 aromatic carbocycles. The number of rotatable bonds is 33. The van der Waals surface area contributed by atoms with Crippen molar-refractivity contribution < 1.29 is 60.3 Å². The average molecular weight is 1520 g/mol. The number of oxazole rings is 3. The van der Waals surface area contributed by atoms with E-state index >= 15 is 0 Å². The maximum atomic E-state index is 12.8. The SMILES string of the molecule is Cn1cc(Nc2ncc(C3CN(c4nc5ccc(OCCC(C)(C)O[P+](O)(OC(C)(C)CCOc6ccc7nc(N8CC(c9cnc(Nc%10cnn(C)c%10)c(C(N)=O)n9)C8)oc7c6)OC(C)(C)CCOc6ccc7nc(N8CC(c9cnc(Nc%10cnn(C)c%10)c(C(N)=O)n9)C8)oc7c6)cc5o4)C3)nc2C(N)=O)cn1. The average Bonchev–Trinajstić information content (AvgIpc) is 1.43. The quantitative estimate of drug-likeness (QED) is 0.0189. The van der Waals surface area contributed by atoms with Gasteiger partial charge in [0.05, 0.1) is 91.1 Å². The number of benzene rings is 3. The van der Waals surface area contributed by atoms with Crippen molar-refractivity contribution in [2.45, 2.75) is 95.4 Å². The predicted molar refractivity (Wildman–Crippen MR) is 403 cm³/mol. The first-order valence-electron chi connectivity index (χ1n) is 35.4. The Kier molecular flexibility index (Phi) is 19.6. The van der Waals surface area contributed by atoms with E-state index in [1.165, 1.54) is 0 Å². The van der Waals surface area contributed by atoms with Gasteiger partial charge in [-0.25, -0.2) is 29.9 Å². The predicted octanol–water partition coefficient (Wildman–Crippen LogP) is 8.78. The number of hydrogen-bond donors (Lipinski definition) is 7. The number of ether oxygens (including phenoxy) is 3. The normalized spacial score (nSPS) is 14.6. The van der Waals surface area contributed by atoms with Gasteiger partial charge in [0.1, 0.15) is 50.6 Å². The lowest BCUT2D eigenvalue weighted by Gasteiger charge is -2.37. The number of amides is 3. The van der Waals surface area contributed by atoms with Gasteiger partial charge in [0.15, 0.2) is 51.3 Å². The number of primary amides is 3. The number of nitrogens with one attached hydrogen (secondary N) is 3. The molecule has 0 spiro atoms. The molecule has 37 nitrogen and oxygen atoms in total. The Bertz CT molecular complexity index is 4900. The van der Waals surface area contributed by atoms with Crippen LogP contribution in [-0.4, -0.2) is 173 Å². The standard InChI is InChI=1S/C72H81N24O13P/c1-70(2,16-19-101-46-10-13-49-55(22-46)104-67(88-49)94-31-40(32-94)52-28-76-64(58(85-52)61(73)97)82-43-25-79-91(7)37-43)107-110(100,108-71(3,4)17-20-102-47-11-14-50-56(23-47)105-68(89-50)95-33-41(34-95)53-29-77-65(59(86-53)62(74)98)83-44-26-80-92(8)38-44)109-72(5,6)18-21-103-48-12-15-51-57(24-48)106-69(90-51)96-35-42(36-96)54-30-78-66(60(87-54)63(75)99)84-45-27-81-93(9)39-45/h10-15,22-30,37-42,100H,16-21,31-36H2,1-9H3,(H8-,73,74,75,76,77,78,82,83,84,97,98,99)/p+1. The van der Waals surface area contributed by atoms with Crippen LogP contribution < -0.4 is 62.1 Å². The molecule has 9 aromatic heterocycles. The summed E-state index contributed by atoms with van der Waals surface area (Å²) >= 11 is 0. The minimum absolute atomic E-state index is 0.0235. The Labute approximate surface area is 628 Å². The van der Waals surface area contributed by atoms with Crippen molar-refractivity contribution in [3.63, 3.8) is 0 Å². The molecule has 3 fully saturated rings. The van der Waals surface area contributed by atoms with Crippen molar-refractivity contribution >= 4 is 112 Å². The number of aromatic nitrogens is 15. The molecule has 0 radical (unpaired) electrons. The molecule has 3 aliphatic rings. The first-order valence-corrected chi connectivity index (χ1v) is 36.9. The second-order valence-corrected chi connectivity index (χ2v) is 30.6. The van der Waals surface area contributed by atoms with Gasteiger partial charge in [-0.2, -0.15) is 35.1 Å². The first kappa shape index (κ1) is 73.3. The first-order chi connectivity index (χ1) is 52.5. The Hall–Kier alpha value is -12.2. The third-order valence-electron chi connectivity index (χ3n) is 18.7. The van der Waals surface area contributed by atoms with Gasteiger partial charge in [-0.15, -0.1) is 13.6 Å². The Morgan fingerprint density at radius 3 is 0.991 bits per heavy atom. The minimum atomic E-state index is -4.27. The van der Waals surface area contributed by atoms with Gasteiger partial charge in [0, 0.05) is 134 Å². The summed E-state index contributed by atoms with van der Waals surface area (Å²) in [4.78, 5) is 97.5. The summed E-state index contributed by atoms with van der Waals surface area (Å²) in [6.45, 7) is 14.5. The smallest absolute Gasteiger partial charge is 0.493 e. The highest BCUT2D eigenvalue weighted by Crippen LogP contribution is 2.66. The lowest BCUT2D eigenvalue weighted by molar-refractivity contribution is -0.0726. The summed E-state index contributed by atoms with van der Waals surface area (Å²) in [6.07, 6.45) is 15.8. The number of carbonyl (C=O) groups is 3. The third-order valence-corrected chi connectivity index (χ3v) is 20.9. The van der Waals surface area contributed by atoms with Crippen molar-refractivity contribution in [1.29, 1.82) is 0 Å². The van der Waals surface area contributed by atoms with E-state index in [4.69, 9.17) is 73.2 Å². The van der Waals surface area contributed by atoms with Crippen LogP contribution >= 0.6 is 8.17 Å². The zero-order valence-corrected chi connectivity index (χ0v) is 62.6. The second kappa shape index (κ2) is 29.4. The van der Waals surface area contributed by atoms with Gasteiger partial charge in [0.25, 0.3) is 35.8 Å². The van der Waals surface area contributed by atoms with Crippen LogP contribution in [-0.2, 0) is 34.7 Å². The fraction of sp³-hybridized carbons (Fsp3) is 0.375. The van der Waals surface area contributed by atoms with Crippen molar-refractivity contribution in [2.75, 3.05) is 89.7 Å². The molecular weight excluding hydrogens is 1440 g/mol. The molecule has 0 saturated carbocycles. The van der Waals surface area contributed by atoms with Gasteiger partial charge >= 0.3 is 8.17 Å². The summed E-state index contributed by atoms with van der Waals surface area (Å²) in [5.74, 6) is -0.0467. The van der Waals surface area contributed by atoms with Gasteiger partial charge in [0.2, 0.25) is 0 Å². The second-order valence-electron chi connectivity index (χ2n) is 29.2. The molecule has 15 rings (SSSR count). The fourth-order valence-electron chi connectivity index (χ4n) is 12.6. The van der Waals surface area contributed by atoms with Crippen molar-refractivity contribution in [3.05, 3.63) is 145 Å². The van der Waals surface area contributed by atoms with E-state index in [0.29, 0.717) is 142 Å². The number of aryl methyl sites for hydroxylation is 3. The van der Waals surface area contributed by atoms with Crippen LogP contribution in [0.5, 0.6) is 17.2 Å². The van der Waals surface area contributed by atoms with E-state index < -0.39 is 42.7 Å². The van der Waals surface area contributed by atoms with E-state index in [9.17, 15) is 19.3 Å². The molecular formula is C72H82N24O13P+. The van der Waals surface area contributed by atoms with E-state index in [0.717, 1.165) is 0 Å². The van der Waals surface area contributed by atoms with Crippen molar-refractivity contribution in [1.82, 2.24) is 74.2 Å². The number of hydrogen-bond acceptors (Lipinski definition) is 31. The van der Waals surface area contributed by atoms with Crippen molar-refractivity contribution in [2.24, 2.45) is 38.3 Å². The largest absolute Gasteiger partial charge is 0.574 e. The molecule has 0 bridgehead atoms. The van der Waals surface area contributed by atoms with E-state index in [2.05, 4.69) is 61.2 Å². The molecule has 0 aliphatic carbocycles. The maximum Gasteiger partial charge on any atom is 0.574 e. The number of carbonyl (C=O) groups excluding carboxylic acids is 3. The number of anilines is 9. The highest BCUT2D eigenvalue weighted by Gasteiger charge is 2.57. The lowest BCUT2D eigenvalue weighted by Crippen LogP contribution is -2.45. The Morgan fingerprint density at radius 1 is 0.455 bits per heavy atom. The van der Waals surface area contributed by atoms with Crippen LogP contribution in [0.15, 0.2) is 124 Å². The Balaban J connectivity index is 0.573. The highest BCUT2D eigenvalue weighted by atomic mass is 31.2. The zero-order valence-electron chi connectivity index (χ0n) is 61.7. The lowest BCUT2D eigenvalue weighted by atomic mass is 9.97. The summed E-state index contributed by atoms with van der Waals surface area (Å²) < 4.78 is 62.6. The molecule has 12 aromatic rings. The molecule has 10 N–H and O–H groups in total. The van der Waals surface area contributed by atoms with Gasteiger partial charge in [-0.3, -0.25) is 28.4 Å². The fourth-order valence-corrected chi connectivity index (χ4v) is 14.9.